The first-order valence-corrected chi connectivity index (χ1v) is 16.4. The van der Waals surface area contributed by atoms with Gasteiger partial charge < -0.3 is 34.2 Å². The SMILES string of the molecule is CC(C)(C)CC(O)C[N+](C)(C)CCCNC(=O)COC(C)(C)CCOC(C)(C)CC(=O)NCCC[N+]1(C)C(C)(C)C1(C)C. The first kappa shape index (κ1) is 39.8. The van der Waals surface area contributed by atoms with Gasteiger partial charge in [-0.15, -0.1) is 0 Å². The number of aliphatic hydroxyl groups is 1. The summed E-state index contributed by atoms with van der Waals surface area (Å²) in [5, 5.41) is 16.4. The summed E-state index contributed by atoms with van der Waals surface area (Å²) in [7, 11) is 6.54. The van der Waals surface area contributed by atoms with Gasteiger partial charge in [0.2, 0.25) is 11.8 Å². The summed E-state index contributed by atoms with van der Waals surface area (Å²) < 4.78 is 13.7. The van der Waals surface area contributed by atoms with Crippen molar-refractivity contribution in [1.82, 2.24) is 10.6 Å². The second-order valence-corrected chi connectivity index (χ2v) is 17.3. The maximum absolute atomic E-state index is 12.6. The molecule has 1 unspecified atom stereocenters. The van der Waals surface area contributed by atoms with Crippen LogP contribution in [0.2, 0.25) is 0 Å². The van der Waals surface area contributed by atoms with Crippen LogP contribution in [0.15, 0.2) is 0 Å². The van der Waals surface area contributed by atoms with Crippen molar-refractivity contribution in [2.45, 2.75) is 137 Å². The number of rotatable bonds is 20. The van der Waals surface area contributed by atoms with E-state index in [2.05, 4.69) is 80.2 Å². The number of nitrogens with zero attached hydrogens (tertiary/aromatic N) is 2. The molecule has 0 aromatic carbocycles. The van der Waals surface area contributed by atoms with Gasteiger partial charge in [0.1, 0.15) is 30.3 Å². The molecular weight excluding hydrogens is 544 g/mol. The van der Waals surface area contributed by atoms with Crippen LogP contribution in [0.4, 0.5) is 0 Å². The minimum absolute atomic E-state index is 0.00648. The van der Waals surface area contributed by atoms with Crippen LogP contribution in [0.25, 0.3) is 0 Å². The van der Waals surface area contributed by atoms with Crippen LogP contribution in [0, 0.1) is 5.41 Å². The Kier molecular flexibility index (Phi) is 13.8. The van der Waals surface area contributed by atoms with Gasteiger partial charge in [0.25, 0.3) is 0 Å². The molecule has 1 heterocycles. The molecule has 1 aliphatic heterocycles. The summed E-state index contributed by atoms with van der Waals surface area (Å²) in [5.41, 5.74) is -0.487. The van der Waals surface area contributed by atoms with E-state index in [0.29, 0.717) is 43.6 Å². The predicted octanol–water partition coefficient (Wildman–Crippen LogP) is 4.26. The van der Waals surface area contributed by atoms with E-state index in [-0.39, 0.29) is 41.0 Å². The number of carbonyl (C=O) groups excluding carboxylic acids is 2. The predicted molar refractivity (Wildman–Crippen MR) is 176 cm³/mol. The Morgan fingerprint density at radius 1 is 0.860 bits per heavy atom. The van der Waals surface area contributed by atoms with Crippen molar-refractivity contribution in [3.05, 3.63) is 0 Å². The summed E-state index contributed by atoms with van der Waals surface area (Å²) in [4.78, 5) is 24.9. The molecular formula is C34H70N4O5+2. The average molecular weight is 615 g/mol. The zero-order valence-corrected chi connectivity index (χ0v) is 30.5. The van der Waals surface area contributed by atoms with Gasteiger partial charge in [-0.2, -0.15) is 0 Å². The lowest BCUT2D eigenvalue weighted by Gasteiger charge is -2.33. The van der Waals surface area contributed by atoms with E-state index in [1.165, 1.54) is 0 Å². The van der Waals surface area contributed by atoms with Crippen molar-refractivity contribution < 1.29 is 33.1 Å². The fourth-order valence-electron chi connectivity index (χ4n) is 6.33. The Morgan fingerprint density at radius 2 is 1.40 bits per heavy atom. The summed E-state index contributed by atoms with van der Waals surface area (Å²) in [6, 6.07) is 0. The highest BCUT2D eigenvalue weighted by molar-refractivity contribution is 5.77. The van der Waals surface area contributed by atoms with Crippen molar-refractivity contribution in [3.63, 3.8) is 0 Å². The maximum Gasteiger partial charge on any atom is 0.246 e. The van der Waals surface area contributed by atoms with Gasteiger partial charge in [-0.05, 0) is 73.6 Å². The van der Waals surface area contributed by atoms with Gasteiger partial charge in [0.15, 0.2) is 0 Å². The minimum atomic E-state index is -0.588. The smallest absolute Gasteiger partial charge is 0.246 e. The van der Waals surface area contributed by atoms with Crippen molar-refractivity contribution in [3.8, 4) is 0 Å². The molecule has 0 aliphatic carbocycles. The number of hydrogen-bond acceptors (Lipinski definition) is 5. The molecule has 9 nitrogen and oxygen atoms in total. The number of nitrogens with one attached hydrogen (secondary N) is 2. The second-order valence-electron chi connectivity index (χ2n) is 17.3. The summed E-state index contributed by atoms with van der Waals surface area (Å²) in [6.45, 7) is 27.8. The number of hydrogen-bond donors (Lipinski definition) is 3. The summed E-state index contributed by atoms with van der Waals surface area (Å²) >= 11 is 0. The number of ether oxygens (including phenoxy) is 2. The molecule has 0 aromatic heterocycles. The topological polar surface area (TPSA) is 96.9 Å². The number of amides is 2. The Bertz CT molecular complexity index is 891. The first-order chi connectivity index (χ1) is 19.3. The highest BCUT2D eigenvalue weighted by Gasteiger charge is 2.77. The summed E-state index contributed by atoms with van der Waals surface area (Å²) in [5.74, 6) is -0.127. The minimum Gasteiger partial charge on any atom is -0.387 e. The molecule has 1 fully saturated rings. The number of carbonyl (C=O) groups is 2. The largest absolute Gasteiger partial charge is 0.387 e. The fourth-order valence-corrected chi connectivity index (χ4v) is 6.33. The molecule has 1 atom stereocenters. The first-order valence-electron chi connectivity index (χ1n) is 16.4. The van der Waals surface area contributed by atoms with Crippen LogP contribution >= 0.6 is 0 Å². The Hall–Kier alpha value is -1.26. The lowest BCUT2D eigenvalue weighted by molar-refractivity contribution is -0.893. The molecule has 0 spiro atoms. The van der Waals surface area contributed by atoms with Gasteiger partial charge in [-0.3, -0.25) is 9.59 Å². The molecule has 9 heteroatoms. The normalized spacial score (nSPS) is 18.7. The van der Waals surface area contributed by atoms with Crippen molar-refractivity contribution in [2.24, 2.45) is 5.41 Å². The highest BCUT2D eigenvalue weighted by atomic mass is 16.5. The molecule has 0 saturated carbocycles. The van der Waals surface area contributed by atoms with Gasteiger partial charge in [-0.1, -0.05) is 20.8 Å². The molecule has 0 bridgehead atoms. The van der Waals surface area contributed by atoms with E-state index >= 15 is 0 Å². The fraction of sp³-hybridized carbons (Fsp3) is 0.941. The molecule has 43 heavy (non-hydrogen) atoms. The van der Waals surface area contributed by atoms with Gasteiger partial charge >= 0.3 is 0 Å². The number of aliphatic hydroxyl groups excluding tert-OH is 1. The van der Waals surface area contributed by atoms with Crippen molar-refractivity contribution >= 4 is 11.8 Å². The molecule has 1 saturated heterocycles. The van der Waals surface area contributed by atoms with E-state index in [9.17, 15) is 14.7 Å². The number of likely N-dealkylation sites (N-methyl/N-ethyl adjacent to an activating group) is 2. The van der Waals surface area contributed by atoms with Crippen LogP contribution in [-0.4, -0.2) is 121 Å². The molecule has 0 aromatic rings. The van der Waals surface area contributed by atoms with Gasteiger partial charge in [-0.25, -0.2) is 0 Å². The van der Waals surface area contributed by atoms with Crippen LogP contribution in [0.3, 0.4) is 0 Å². The van der Waals surface area contributed by atoms with Crippen LogP contribution in [-0.2, 0) is 19.1 Å². The van der Waals surface area contributed by atoms with Crippen LogP contribution in [0.5, 0.6) is 0 Å². The van der Waals surface area contributed by atoms with E-state index in [4.69, 9.17) is 9.47 Å². The van der Waals surface area contributed by atoms with Crippen LogP contribution in [0.1, 0.15) is 108 Å². The van der Waals surface area contributed by atoms with E-state index in [0.717, 1.165) is 36.8 Å². The standard InChI is InChI=1S/C34H68N4O5/c1-30(2,3)23-27(39)25-37(12,13)20-15-18-36-29(41)26-43-31(4,5)17-22-42-32(6,7)24-28(40)35-19-16-21-38(14)33(8,9)34(38,10)11/h27,39H,15-26H2,1-14H3/p+2. The molecule has 254 valence electrons. The third-order valence-corrected chi connectivity index (χ3v) is 10.2. The molecule has 0 radical (unpaired) electrons. The lowest BCUT2D eigenvalue weighted by Crippen LogP contribution is -2.47. The molecule has 1 aliphatic rings. The Labute approximate surface area is 264 Å². The monoisotopic (exact) mass is 615 g/mol. The van der Waals surface area contributed by atoms with Gasteiger partial charge in [0, 0.05) is 25.9 Å². The van der Waals surface area contributed by atoms with E-state index in [1.54, 1.807) is 0 Å². The quantitative estimate of drug-likeness (QED) is 0.108. The summed E-state index contributed by atoms with van der Waals surface area (Å²) in [6.07, 6.45) is 3.12. The van der Waals surface area contributed by atoms with E-state index in [1.807, 2.05) is 27.7 Å². The van der Waals surface area contributed by atoms with Crippen LogP contribution < -0.4 is 10.6 Å². The van der Waals surface area contributed by atoms with E-state index < -0.39 is 11.2 Å². The third-order valence-electron chi connectivity index (χ3n) is 10.2. The lowest BCUT2D eigenvalue weighted by atomic mass is 9.89. The molecule has 2 amide bonds. The molecule has 3 N–H and O–H groups in total. The number of quaternary nitrogens is 2. The van der Waals surface area contributed by atoms with Crippen molar-refractivity contribution in [1.29, 1.82) is 0 Å². The van der Waals surface area contributed by atoms with Gasteiger partial charge in [0.05, 0.1) is 58.5 Å². The Balaban J connectivity index is 2.25. The average Bonchev–Trinajstić information content (AvgIpc) is 3.11. The second kappa shape index (κ2) is 14.9. The molecule has 1 rings (SSSR count). The highest BCUT2D eigenvalue weighted by Crippen LogP contribution is 2.57. The zero-order valence-electron chi connectivity index (χ0n) is 30.5. The maximum atomic E-state index is 12.6. The third kappa shape index (κ3) is 12.9. The van der Waals surface area contributed by atoms with Crippen molar-refractivity contribution in [2.75, 3.05) is 67.1 Å². The Morgan fingerprint density at radius 3 is 1.93 bits per heavy atom. The zero-order chi connectivity index (χ0) is 33.5.